The highest BCUT2D eigenvalue weighted by Gasteiger charge is 2.30. The predicted octanol–water partition coefficient (Wildman–Crippen LogP) is 2.68. The lowest BCUT2D eigenvalue weighted by molar-refractivity contribution is -0.914. The number of ketones is 1. The molecule has 8 heteroatoms. The van der Waals surface area contributed by atoms with Crippen molar-refractivity contribution < 1.29 is 19.2 Å². The highest BCUT2D eigenvalue weighted by atomic mass is 35.5. The van der Waals surface area contributed by atoms with Crippen LogP contribution >= 0.6 is 11.6 Å². The van der Waals surface area contributed by atoms with Gasteiger partial charge in [-0.05, 0) is 48.2 Å². The molecule has 174 valence electrons. The zero-order chi connectivity index (χ0) is 23.1. The number of hydrogen-bond donors (Lipinski definition) is 1. The number of rotatable bonds is 4. The van der Waals surface area contributed by atoms with Crippen molar-refractivity contribution in [3.63, 3.8) is 0 Å². The van der Waals surface area contributed by atoms with Crippen molar-refractivity contribution in [2.45, 2.75) is 25.3 Å². The number of halogens is 1. The molecule has 3 heterocycles. The van der Waals surface area contributed by atoms with E-state index in [4.69, 9.17) is 26.1 Å². The Labute approximate surface area is 203 Å². The van der Waals surface area contributed by atoms with Crippen molar-refractivity contribution in [1.82, 2.24) is 9.97 Å². The van der Waals surface area contributed by atoms with E-state index in [1.54, 1.807) is 6.20 Å². The first-order chi connectivity index (χ1) is 16.6. The molecule has 0 saturated carbocycles. The number of ether oxygens (including phenoxy) is 2. The average Bonchev–Trinajstić information content (AvgIpc) is 3.32. The monoisotopic (exact) mass is 477 g/mol. The summed E-state index contributed by atoms with van der Waals surface area (Å²) in [6.07, 6.45) is 2.92. The van der Waals surface area contributed by atoms with Crippen molar-refractivity contribution in [1.29, 1.82) is 0 Å². The first-order valence-corrected chi connectivity index (χ1v) is 12.1. The van der Waals surface area contributed by atoms with Gasteiger partial charge in [-0.3, -0.25) is 4.79 Å². The molecule has 1 N–H and O–H groups in total. The Morgan fingerprint density at radius 2 is 1.91 bits per heavy atom. The Morgan fingerprint density at radius 3 is 2.76 bits per heavy atom. The van der Waals surface area contributed by atoms with Gasteiger partial charge in [-0.1, -0.05) is 23.7 Å². The lowest BCUT2D eigenvalue weighted by atomic mass is 9.82. The number of nitrogens with one attached hydrogen (secondary N) is 1. The van der Waals surface area contributed by atoms with Crippen LogP contribution in [0.5, 0.6) is 11.5 Å². The number of anilines is 1. The van der Waals surface area contributed by atoms with Crippen LogP contribution in [0.3, 0.4) is 0 Å². The normalized spacial score (nSPS) is 19.9. The molecular formula is C26H26ClN4O3+. The topological polar surface area (TPSA) is 69.0 Å². The van der Waals surface area contributed by atoms with Crippen molar-refractivity contribution in [2.24, 2.45) is 0 Å². The second-order valence-corrected chi connectivity index (χ2v) is 9.65. The van der Waals surface area contributed by atoms with Crippen molar-refractivity contribution in [2.75, 3.05) is 37.9 Å². The maximum absolute atomic E-state index is 12.8. The number of carbonyl (C=O) groups excluding carboxylic acids is 1. The summed E-state index contributed by atoms with van der Waals surface area (Å²) in [6, 6.07) is 14.0. The molecule has 0 amide bonds. The van der Waals surface area contributed by atoms with Gasteiger partial charge >= 0.3 is 0 Å². The molecule has 1 aliphatic carbocycles. The SMILES string of the molecule is O=C1C[C@@H](c2cccc(Cl)c2)Cc2nc(N3CC[NH+](Cc4ccc5c(c4)OCO5)CC3)ncc21. The summed E-state index contributed by atoms with van der Waals surface area (Å²) >= 11 is 6.18. The van der Waals surface area contributed by atoms with E-state index in [0.717, 1.165) is 67.8 Å². The van der Waals surface area contributed by atoms with Crippen LogP contribution in [-0.4, -0.2) is 48.7 Å². The summed E-state index contributed by atoms with van der Waals surface area (Å²) < 4.78 is 10.9. The third-order valence-corrected chi connectivity index (χ3v) is 7.23. The largest absolute Gasteiger partial charge is 0.454 e. The summed E-state index contributed by atoms with van der Waals surface area (Å²) in [5.41, 5.74) is 3.85. The number of piperazine rings is 1. The molecule has 2 aromatic carbocycles. The van der Waals surface area contributed by atoms with E-state index >= 15 is 0 Å². The molecule has 3 aromatic rings. The van der Waals surface area contributed by atoms with E-state index in [1.165, 1.54) is 10.5 Å². The fourth-order valence-electron chi connectivity index (χ4n) is 5.12. The standard InChI is InChI=1S/C26H25ClN4O3/c27-20-3-1-2-18(11-20)19-12-22-21(23(32)13-19)14-28-26(29-22)31-8-6-30(7-9-31)15-17-4-5-24-25(10-17)34-16-33-24/h1-5,10-11,14,19H,6-9,12-13,15-16H2/p+1/t19-/m0/s1. The number of quaternary nitrogens is 1. The number of fused-ring (bicyclic) bond motifs is 2. The van der Waals surface area contributed by atoms with E-state index < -0.39 is 0 Å². The van der Waals surface area contributed by atoms with E-state index in [-0.39, 0.29) is 11.7 Å². The van der Waals surface area contributed by atoms with Gasteiger partial charge in [0.15, 0.2) is 17.3 Å². The van der Waals surface area contributed by atoms with Crippen LogP contribution in [0.25, 0.3) is 0 Å². The molecule has 2 aliphatic heterocycles. The van der Waals surface area contributed by atoms with Gasteiger partial charge in [-0.2, -0.15) is 0 Å². The molecule has 1 fully saturated rings. The van der Waals surface area contributed by atoms with E-state index in [9.17, 15) is 4.79 Å². The first-order valence-electron chi connectivity index (χ1n) is 11.7. The highest BCUT2D eigenvalue weighted by molar-refractivity contribution is 6.30. The maximum atomic E-state index is 12.8. The van der Waals surface area contributed by atoms with Gasteiger partial charge in [0.2, 0.25) is 12.7 Å². The van der Waals surface area contributed by atoms with Crippen molar-refractivity contribution in [3.05, 3.63) is 76.1 Å². The van der Waals surface area contributed by atoms with E-state index in [0.29, 0.717) is 23.8 Å². The summed E-state index contributed by atoms with van der Waals surface area (Å²) in [7, 11) is 0. The molecule has 6 rings (SSSR count). The molecule has 34 heavy (non-hydrogen) atoms. The van der Waals surface area contributed by atoms with Crippen LogP contribution in [-0.2, 0) is 13.0 Å². The van der Waals surface area contributed by atoms with Crippen LogP contribution in [0.15, 0.2) is 48.7 Å². The number of aromatic nitrogens is 2. The highest BCUT2D eigenvalue weighted by Crippen LogP contribution is 2.34. The molecular weight excluding hydrogens is 452 g/mol. The Bertz CT molecular complexity index is 1240. The maximum Gasteiger partial charge on any atom is 0.231 e. The smallest absolute Gasteiger partial charge is 0.231 e. The molecule has 1 aromatic heterocycles. The zero-order valence-electron chi connectivity index (χ0n) is 18.8. The van der Waals surface area contributed by atoms with Gasteiger partial charge in [-0.15, -0.1) is 0 Å². The van der Waals surface area contributed by atoms with Gasteiger partial charge < -0.3 is 19.3 Å². The van der Waals surface area contributed by atoms with Gasteiger partial charge in [0, 0.05) is 23.2 Å². The third kappa shape index (κ3) is 4.21. The lowest BCUT2D eigenvalue weighted by Gasteiger charge is -2.33. The second-order valence-electron chi connectivity index (χ2n) is 9.22. The third-order valence-electron chi connectivity index (χ3n) is 6.99. The van der Waals surface area contributed by atoms with Crippen molar-refractivity contribution in [3.8, 4) is 11.5 Å². The quantitative estimate of drug-likeness (QED) is 0.623. The van der Waals surface area contributed by atoms with Crippen LogP contribution in [0.4, 0.5) is 5.95 Å². The lowest BCUT2D eigenvalue weighted by Crippen LogP contribution is -3.13. The second kappa shape index (κ2) is 8.89. The number of carbonyl (C=O) groups is 1. The van der Waals surface area contributed by atoms with Gasteiger partial charge in [0.1, 0.15) is 6.54 Å². The summed E-state index contributed by atoms with van der Waals surface area (Å²) in [5.74, 6) is 2.59. The first kappa shape index (κ1) is 21.4. The molecule has 7 nitrogen and oxygen atoms in total. The van der Waals surface area contributed by atoms with Crippen LogP contribution in [0.1, 0.15) is 39.5 Å². The fourth-order valence-corrected chi connectivity index (χ4v) is 5.32. The van der Waals surface area contributed by atoms with E-state index in [2.05, 4.69) is 22.0 Å². The summed E-state index contributed by atoms with van der Waals surface area (Å²) in [5, 5.41) is 0.695. The predicted molar refractivity (Wildman–Crippen MR) is 128 cm³/mol. The minimum absolute atomic E-state index is 0.101. The fraction of sp³-hybridized carbons (Fsp3) is 0.346. The molecule has 1 saturated heterocycles. The van der Waals surface area contributed by atoms with Gasteiger partial charge in [0.05, 0.1) is 37.4 Å². The molecule has 0 unspecified atom stereocenters. The van der Waals surface area contributed by atoms with Gasteiger partial charge in [0.25, 0.3) is 0 Å². The Morgan fingerprint density at radius 1 is 1.06 bits per heavy atom. The minimum Gasteiger partial charge on any atom is -0.454 e. The van der Waals surface area contributed by atoms with Crippen LogP contribution in [0, 0.1) is 0 Å². The Kier molecular flexibility index (Phi) is 5.59. The van der Waals surface area contributed by atoms with Crippen LogP contribution in [0.2, 0.25) is 5.02 Å². The molecule has 1 atom stereocenters. The number of benzene rings is 2. The molecule has 0 bridgehead atoms. The average molecular weight is 478 g/mol. The summed E-state index contributed by atoms with van der Waals surface area (Å²) in [4.78, 5) is 25.9. The molecule has 0 radical (unpaired) electrons. The number of Topliss-reactive ketones (excluding diaryl/α,β-unsaturated/α-hetero) is 1. The zero-order valence-corrected chi connectivity index (χ0v) is 19.6. The Balaban J connectivity index is 1.12. The van der Waals surface area contributed by atoms with Crippen LogP contribution < -0.4 is 19.3 Å². The minimum atomic E-state index is 0.101. The Hall–Kier alpha value is -3.16. The number of nitrogens with zero attached hydrogens (tertiary/aromatic N) is 3. The molecule has 0 spiro atoms. The van der Waals surface area contributed by atoms with E-state index in [1.807, 2.05) is 30.3 Å². The van der Waals surface area contributed by atoms with Gasteiger partial charge in [-0.25, -0.2) is 9.97 Å². The summed E-state index contributed by atoms with van der Waals surface area (Å²) in [6.45, 7) is 5.01. The van der Waals surface area contributed by atoms with Crippen molar-refractivity contribution >= 4 is 23.3 Å². The number of hydrogen-bond acceptors (Lipinski definition) is 6. The molecule has 3 aliphatic rings.